The first kappa shape index (κ1) is 66.2. The quantitative estimate of drug-likeness (QED) is 0.0687. The van der Waals surface area contributed by atoms with E-state index in [4.69, 9.17) is 30.4 Å². The molecule has 2 saturated heterocycles. The molecule has 0 radical (unpaired) electrons. The fraction of sp³-hybridized carbons (Fsp3) is 0.576. The summed E-state index contributed by atoms with van der Waals surface area (Å²) >= 11 is 0. The van der Waals surface area contributed by atoms with Crippen LogP contribution in [0.3, 0.4) is 0 Å². The van der Waals surface area contributed by atoms with E-state index in [1.54, 1.807) is 97.2 Å². The Kier molecular flexibility index (Phi) is 27.5. The van der Waals surface area contributed by atoms with Crippen molar-refractivity contribution in [1.29, 1.82) is 0 Å². The van der Waals surface area contributed by atoms with Gasteiger partial charge < -0.3 is 76.4 Å². The fourth-order valence-electron chi connectivity index (χ4n) is 10.0. The summed E-state index contributed by atoms with van der Waals surface area (Å²) in [5.74, 6) is -8.34. The molecule has 18 atom stereocenters. The number of carboxylic acid groups (broad SMARTS) is 1. The van der Waals surface area contributed by atoms with E-state index < -0.39 is 147 Å². The minimum atomic E-state index is -2.32. The molecule has 0 unspecified atom stereocenters. The third-order valence-electron chi connectivity index (χ3n) is 14.4. The van der Waals surface area contributed by atoms with Crippen molar-refractivity contribution in [1.82, 2.24) is 0 Å². The number of anilines is 1. The van der Waals surface area contributed by atoms with Gasteiger partial charge >= 0.3 is 11.9 Å². The maximum Gasteiger partial charge on any atom is 0.313 e. The van der Waals surface area contributed by atoms with E-state index in [1.165, 1.54) is 13.0 Å². The maximum atomic E-state index is 13.3. The fourth-order valence-corrected chi connectivity index (χ4v) is 10.0. The average molecular weight is 1110 g/mol. The lowest BCUT2D eigenvalue weighted by atomic mass is 9.82. The van der Waals surface area contributed by atoms with Crippen molar-refractivity contribution >= 4 is 35.0 Å². The molecular formula is C59H84N2O18. The predicted octanol–water partition coefficient (Wildman–Crippen LogP) is 3.77. The van der Waals surface area contributed by atoms with Gasteiger partial charge in [0.05, 0.1) is 61.0 Å². The van der Waals surface area contributed by atoms with E-state index in [0.717, 1.165) is 0 Å². The van der Waals surface area contributed by atoms with E-state index in [-0.39, 0.29) is 62.1 Å². The summed E-state index contributed by atoms with van der Waals surface area (Å²) in [6, 6.07) is 5.27. The molecule has 0 spiro atoms. The van der Waals surface area contributed by atoms with Crippen molar-refractivity contribution in [3.05, 3.63) is 115 Å². The SMILES string of the molecule is C[C@H]1/C=C/C=C/C=C/C=C\C=C/C=C/C=C/[C@H](O[C@@H]2O[C@H](C)[C@@H](O)[C@H](N)[C@@H]2O)C[C@@H]2O[C@](O)(C[C@@H](O)C[C@@H](O)C[C@@H](O)CC(=O)CCCC(=O)CC(=O)O[C@@H]1[C@@H](C)C[C@H](C)[C@@H](O)CC(=O)c1ccc(N)cc1)C[C@H](O)[C@H]2C(=O)O. The second-order valence-corrected chi connectivity index (χ2v) is 21.4. The zero-order chi connectivity index (χ0) is 58.4. The van der Waals surface area contributed by atoms with E-state index in [1.807, 2.05) is 26.8 Å². The molecule has 438 valence electrons. The number of aliphatic hydroxyl groups excluding tert-OH is 7. The first-order valence-electron chi connectivity index (χ1n) is 27.1. The first-order valence-corrected chi connectivity index (χ1v) is 27.1. The number of benzene rings is 1. The van der Waals surface area contributed by atoms with Crippen LogP contribution >= 0.6 is 0 Å². The topological polar surface area (TPSA) is 356 Å². The van der Waals surface area contributed by atoms with E-state index >= 15 is 0 Å². The second kappa shape index (κ2) is 32.8. The number of carbonyl (C=O) groups excluding carboxylic acids is 4. The molecule has 2 fully saturated rings. The molecule has 0 aliphatic carbocycles. The third kappa shape index (κ3) is 22.6. The molecule has 20 nitrogen and oxygen atoms in total. The summed E-state index contributed by atoms with van der Waals surface area (Å²) in [5.41, 5.74) is 12.7. The lowest BCUT2D eigenvalue weighted by molar-refractivity contribution is -0.308. The number of Topliss-reactive ketones (excluding diaryl/α,β-unsaturated/α-hetero) is 3. The van der Waals surface area contributed by atoms with Crippen LogP contribution in [0.25, 0.3) is 0 Å². The largest absolute Gasteiger partial charge is 0.481 e. The molecule has 3 heterocycles. The Hall–Kier alpha value is -5.33. The van der Waals surface area contributed by atoms with Gasteiger partial charge in [-0.25, -0.2) is 0 Å². The van der Waals surface area contributed by atoms with Crippen molar-refractivity contribution in [2.45, 2.75) is 190 Å². The Morgan fingerprint density at radius 3 is 1.94 bits per heavy atom. The monoisotopic (exact) mass is 1110 g/mol. The van der Waals surface area contributed by atoms with Gasteiger partial charge in [0, 0.05) is 62.1 Å². The molecule has 4 rings (SSSR count). The number of aliphatic carboxylic acids is 1. The number of rotatable bonds is 10. The van der Waals surface area contributed by atoms with E-state index in [2.05, 4.69) is 0 Å². The van der Waals surface area contributed by atoms with Crippen molar-refractivity contribution in [3.63, 3.8) is 0 Å². The summed E-state index contributed by atoms with van der Waals surface area (Å²) in [5, 5.41) is 97.8. The number of nitrogens with two attached hydrogens (primary N) is 2. The number of hydrogen-bond donors (Lipinski definition) is 11. The normalized spacial score (nSPS) is 36.9. The molecule has 0 aromatic heterocycles. The number of esters is 1. The smallest absolute Gasteiger partial charge is 0.313 e. The first-order chi connectivity index (χ1) is 37.4. The van der Waals surface area contributed by atoms with Gasteiger partial charge in [0.1, 0.15) is 36.1 Å². The molecule has 20 heteroatoms. The third-order valence-corrected chi connectivity index (χ3v) is 14.4. The molecule has 3 aliphatic heterocycles. The number of hydrogen-bond acceptors (Lipinski definition) is 19. The van der Waals surface area contributed by atoms with Crippen LogP contribution in [0.15, 0.2) is 109 Å². The Bertz CT molecular complexity index is 2330. The highest BCUT2D eigenvalue weighted by Gasteiger charge is 2.51. The number of nitrogen functional groups attached to an aromatic ring is 1. The van der Waals surface area contributed by atoms with Crippen LogP contribution in [0.4, 0.5) is 5.69 Å². The number of allylic oxidation sites excluding steroid dienone is 12. The zero-order valence-corrected chi connectivity index (χ0v) is 45.5. The summed E-state index contributed by atoms with van der Waals surface area (Å²) in [4.78, 5) is 64.6. The van der Waals surface area contributed by atoms with Crippen LogP contribution < -0.4 is 11.5 Å². The molecule has 3 aliphatic rings. The number of ether oxygens (including phenoxy) is 4. The average Bonchev–Trinajstić information content (AvgIpc) is 3.40. The van der Waals surface area contributed by atoms with Crippen molar-refractivity contribution in [2.24, 2.45) is 29.4 Å². The summed E-state index contributed by atoms with van der Waals surface area (Å²) in [6.45, 7) is 7.07. The van der Waals surface area contributed by atoms with Crippen LogP contribution in [0.2, 0.25) is 0 Å². The number of aliphatic hydroxyl groups is 8. The van der Waals surface area contributed by atoms with Gasteiger partial charge in [0.25, 0.3) is 0 Å². The van der Waals surface area contributed by atoms with Gasteiger partial charge in [-0.2, -0.15) is 0 Å². The Morgan fingerprint density at radius 1 is 0.759 bits per heavy atom. The summed E-state index contributed by atoms with van der Waals surface area (Å²) in [6.07, 6.45) is 5.73. The number of ketones is 3. The van der Waals surface area contributed by atoms with Gasteiger partial charge in [0.15, 0.2) is 17.9 Å². The number of carboxylic acids is 1. The summed E-state index contributed by atoms with van der Waals surface area (Å²) in [7, 11) is 0. The van der Waals surface area contributed by atoms with Gasteiger partial charge in [-0.05, 0) is 68.7 Å². The molecule has 2 bridgehead atoms. The molecule has 1 aromatic carbocycles. The second-order valence-electron chi connectivity index (χ2n) is 21.4. The van der Waals surface area contributed by atoms with Crippen molar-refractivity contribution in [2.75, 3.05) is 5.73 Å². The highest BCUT2D eigenvalue weighted by molar-refractivity contribution is 5.97. The van der Waals surface area contributed by atoms with Gasteiger partial charge in [-0.15, -0.1) is 0 Å². The van der Waals surface area contributed by atoms with Crippen LogP contribution in [0.5, 0.6) is 0 Å². The lowest BCUT2D eigenvalue weighted by Crippen LogP contribution is -2.61. The van der Waals surface area contributed by atoms with Crippen molar-refractivity contribution < 1.29 is 88.9 Å². The Morgan fingerprint density at radius 2 is 1.33 bits per heavy atom. The van der Waals surface area contributed by atoms with Gasteiger partial charge in [-0.1, -0.05) is 106 Å². The highest BCUT2D eigenvalue weighted by atomic mass is 16.7. The number of carbonyl (C=O) groups is 5. The Labute approximate surface area is 462 Å². The molecule has 0 saturated carbocycles. The van der Waals surface area contributed by atoms with Crippen LogP contribution in [0, 0.1) is 23.7 Å². The van der Waals surface area contributed by atoms with Crippen LogP contribution in [-0.2, 0) is 38.1 Å². The van der Waals surface area contributed by atoms with Crippen LogP contribution in [-0.4, -0.2) is 161 Å². The predicted molar refractivity (Wildman–Crippen MR) is 292 cm³/mol. The van der Waals surface area contributed by atoms with E-state index in [0.29, 0.717) is 17.7 Å². The molecule has 79 heavy (non-hydrogen) atoms. The lowest BCUT2D eigenvalue weighted by Gasteiger charge is -2.45. The van der Waals surface area contributed by atoms with Crippen LogP contribution in [0.1, 0.15) is 115 Å². The minimum Gasteiger partial charge on any atom is -0.481 e. The molecular weight excluding hydrogens is 1020 g/mol. The van der Waals surface area contributed by atoms with Gasteiger partial charge in [-0.3, -0.25) is 24.0 Å². The maximum absolute atomic E-state index is 13.3. The summed E-state index contributed by atoms with van der Waals surface area (Å²) < 4.78 is 23.7. The zero-order valence-electron chi connectivity index (χ0n) is 45.5. The number of cyclic esters (lactones) is 1. The minimum absolute atomic E-state index is 0.0673. The molecule has 1 aromatic rings. The highest BCUT2D eigenvalue weighted by Crippen LogP contribution is 2.38. The molecule has 0 amide bonds. The van der Waals surface area contributed by atoms with Crippen molar-refractivity contribution in [3.8, 4) is 0 Å². The van der Waals surface area contributed by atoms with Gasteiger partial charge in [0.2, 0.25) is 0 Å². The standard InChI is InChI=1S/C59H84N2O18/c1-35-18-15-13-11-9-7-5-6-8-10-12-14-16-21-46(77-58-55(72)53(61)54(71)38(4)76-58)31-50-52(57(73)74)49(69)34-59(75,79-50)33-45(66)29-44(65)28-43(64)27-41(62)19-17-20-42(63)30-51(70)78-56(35)37(3)26-36(2)47(67)32-48(68)39-22-24-40(60)25-23-39/h5-16,18,21-25,35-38,43-47,49-50,52-56,58,64-67,69,71-72,75H,17,19-20,26-34,60-61H2,1-4H3,(H,73,74)/b6-5-,9-7+,10-8-,13-11+,14-12+,18-15+,21-16+/t35-,36-,37-,38+,43-,44-,45-,46-,47-,49-,50-,52+,53-,54+,55-,56-,58-,59+/m0/s1. The molecule has 13 N–H and O–H groups in total. The van der Waals surface area contributed by atoms with E-state index in [9.17, 15) is 69.9 Å². The number of fused-ring (bicyclic) bond motifs is 2. The Balaban J connectivity index is 1.54.